The second-order valence-electron chi connectivity index (χ2n) is 7.63. The molecule has 2 aliphatic heterocycles. The van der Waals surface area contributed by atoms with Crippen LogP contribution in [-0.4, -0.2) is 48.0 Å². The second-order valence-corrected chi connectivity index (χ2v) is 7.63. The van der Waals surface area contributed by atoms with Crippen molar-refractivity contribution >= 4 is 17.1 Å². The number of nitrogens with one attached hydrogen (secondary N) is 3. The van der Waals surface area contributed by atoms with Gasteiger partial charge in [-0.1, -0.05) is 0 Å². The smallest absolute Gasteiger partial charge is 0.231 e. The molecule has 2 heterocycles. The normalized spacial score (nSPS) is 20.6. The summed E-state index contributed by atoms with van der Waals surface area (Å²) in [6.45, 7) is 0.691. The molecule has 13 nitrogen and oxygen atoms in total. The van der Waals surface area contributed by atoms with E-state index in [9.17, 15) is 31.2 Å². The summed E-state index contributed by atoms with van der Waals surface area (Å²) < 4.78 is 16.7. The summed E-state index contributed by atoms with van der Waals surface area (Å²) in [7, 11) is 3.35. The van der Waals surface area contributed by atoms with Gasteiger partial charge in [0, 0.05) is 24.6 Å². The molecule has 0 saturated carbocycles. The van der Waals surface area contributed by atoms with Crippen molar-refractivity contribution in [1.29, 1.82) is 0 Å². The van der Waals surface area contributed by atoms with E-state index in [1.807, 2.05) is 18.0 Å². The quantitative estimate of drug-likeness (QED) is 0.280. The molecule has 13 heteroatoms. The maximum atomic E-state index is 12.0. The maximum Gasteiger partial charge on any atom is 0.231 e. The first-order valence-electron chi connectivity index (χ1n) is 9.79. The SMILES string of the molecule is COc1c2c(cc3c1C(Cc1c([NH+]([O-])O)cc([NH+]([O-])O)cc1[NH+]([O-])O)N(C)CC3)OCO2. The first-order chi connectivity index (χ1) is 15.2. The average molecular weight is 452 g/mol. The fourth-order valence-corrected chi connectivity index (χ4v) is 4.37. The molecule has 6 N–H and O–H groups in total. The van der Waals surface area contributed by atoms with Gasteiger partial charge in [-0.15, -0.1) is 0 Å². The first-order valence-corrected chi connectivity index (χ1v) is 9.79. The van der Waals surface area contributed by atoms with Gasteiger partial charge in [0.2, 0.25) is 12.5 Å². The highest BCUT2D eigenvalue weighted by Crippen LogP contribution is 2.50. The minimum absolute atomic E-state index is 0.0165. The van der Waals surface area contributed by atoms with Crippen molar-refractivity contribution in [2.75, 3.05) is 27.5 Å². The van der Waals surface area contributed by atoms with Gasteiger partial charge in [0.05, 0.1) is 24.8 Å². The van der Waals surface area contributed by atoms with Gasteiger partial charge in [-0.2, -0.15) is 15.7 Å². The molecule has 0 fully saturated rings. The number of quaternary nitrogens is 3. The fraction of sp³-hybridized carbons (Fsp3) is 0.368. The summed E-state index contributed by atoms with van der Waals surface area (Å²) in [5, 5.41) is 59.9. The van der Waals surface area contributed by atoms with Crippen LogP contribution >= 0.6 is 0 Å². The van der Waals surface area contributed by atoms with E-state index in [1.165, 1.54) is 7.11 Å². The number of rotatable bonds is 6. The standard InChI is InChI=1S/C19H24N4O9/c1-20-4-3-10-5-16-18(32-9-31-16)19(30-2)17(10)15(20)8-12-13(22(26)27)6-11(21(24)25)7-14(12)23(28)29/h5-7,15,21-24,26,28H,3-4,8-9H2,1-2H3. The number of nitrogens with zero attached hydrogens (tertiary/aromatic N) is 1. The molecule has 2 aliphatic rings. The maximum absolute atomic E-state index is 12.0. The fourth-order valence-electron chi connectivity index (χ4n) is 4.37. The lowest BCUT2D eigenvalue weighted by Gasteiger charge is -2.36. The van der Waals surface area contributed by atoms with E-state index in [4.69, 9.17) is 14.2 Å². The minimum atomic E-state index is -1.41. The molecule has 2 aromatic carbocycles. The van der Waals surface area contributed by atoms with Crippen LogP contribution in [0.5, 0.6) is 17.2 Å². The Morgan fingerprint density at radius 1 is 1.06 bits per heavy atom. The Balaban J connectivity index is 1.87. The summed E-state index contributed by atoms with van der Waals surface area (Å²) in [4.78, 5) is 1.98. The summed E-state index contributed by atoms with van der Waals surface area (Å²) >= 11 is 0. The molecule has 4 rings (SSSR count). The van der Waals surface area contributed by atoms with Crippen molar-refractivity contribution < 1.29 is 45.5 Å². The molecule has 0 aliphatic carbocycles. The van der Waals surface area contributed by atoms with E-state index < -0.39 is 27.4 Å². The van der Waals surface area contributed by atoms with E-state index in [0.717, 1.165) is 23.3 Å². The van der Waals surface area contributed by atoms with Crippen molar-refractivity contribution in [2.45, 2.75) is 18.9 Å². The predicted molar refractivity (Wildman–Crippen MR) is 106 cm³/mol. The molecule has 174 valence electrons. The third-order valence-corrected chi connectivity index (χ3v) is 5.90. The molecule has 2 aromatic rings. The largest absolute Gasteiger partial charge is 0.595 e. The van der Waals surface area contributed by atoms with Crippen LogP contribution in [0.4, 0.5) is 17.1 Å². The number of ether oxygens (including phenoxy) is 3. The van der Waals surface area contributed by atoms with Crippen LogP contribution in [0.1, 0.15) is 22.7 Å². The molecule has 0 aromatic heterocycles. The van der Waals surface area contributed by atoms with E-state index in [2.05, 4.69) is 0 Å². The van der Waals surface area contributed by atoms with Gasteiger partial charge in [-0.3, -0.25) is 4.90 Å². The van der Waals surface area contributed by atoms with E-state index >= 15 is 0 Å². The van der Waals surface area contributed by atoms with Gasteiger partial charge < -0.3 is 29.8 Å². The van der Waals surface area contributed by atoms with Crippen molar-refractivity contribution in [2.24, 2.45) is 0 Å². The number of methoxy groups -OCH3 is 1. The summed E-state index contributed by atoms with van der Waals surface area (Å²) in [6, 6.07) is 3.42. The van der Waals surface area contributed by atoms with Gasteiger partial charge in [0.15, 0.2) is 28.6 Å². The highest BCUT2D eigenvalue weighted by molar-refractivity contribution is 5.64. The van der Waals surface area contributed by atoms with Crippen LogP contribution in [0.3, 0.4) is 0 Å². The minimum Gasteiger partial charge on any atom is -0.595 e. The monoisotopic (exact) mass is 452 g/mol. The van der Waals surface area contributed by atoms with Crippen molar-refractivity contribution in [3.8, 4) is 17.2 Å². The van der Waals surface area contributed by atoms with E-state index in [1.54, 1.807) is 0 Å². The van der Waals surface area contributed by atoms with Gasteiger partial charge in [0.1, 0.15) is 0 Å². The molecule has 0 saturated heterocycles. The third-order valence-electron chi connectivity index (χ3n) is 5.90. The molecule has 0 amide bonds. The Labute approximate surface area is 182 Å². The lowest BCUT2D eigenvalue weighted by Crippen LogP contribution is -3.03. The molecular formula is C19H24N4O9. The highest BCUT2D eigenvalue weighted by atomic mass is 16.8. The molecule has 0 spiro atoms. The molecule has 32 heavy (non-hydrogen) atoms. The number of likely N-dealkylation sites (N-methyl/N-ethyl adjacent to an activating group) is 1. The average Bonchev–Trinajstić information content (AvgIpc) is 3.21. The highest BCUT2D eigenvalue weighted by Gasteiger charge is 2.36. The van der Waals surface area contributed by atoms with Crippen LogP contribution in [0.15, 0.2) is 18.2 Å². The predicted octanol–water partition coefficient (Wildman–Crippen LogP) is -1.59. The number of fused-ring (bicyclic) bond motifs is 2. The molecule has 0 radical (unpaired) electrons. The van der Waals surface area contributed by atoms with Crippen LogP contribution < -0.4 is 29.9 Å². The number of benzene rings is 2. The molecule has 0 bridgehead atoms. The van der Waals surface area contributed by atoms with Crippen molar-refractivity contribution in [3.05, 3.63) is 50.5 Å². The second kappa shape index (κ2) is 8.76. The molecule has 4 unspecified atom stereocenters. The van der Waals surface area contributed by atoms with Gasteiger partial charge in [-0.05, 0) is 25.1 Å². The zero-order chi connectivity index (χ0) is 23.2. The number of hydrogen-bond donors (Lipinski definition) is 6. The molecular weight excluding hydrogens is 428 g/mol. The summed E-state index contributed by atoms with van der Waals surface area (Å²) in [6.07, 6.45) is 0.702. The summed E-state index contributed by atoms with van der Waals surface area (Å²) in [5.74, 6) is 1.47. The third kappa shape index (κ3) is 3.87. The zero-order valence-corrected chi connectivity index (χ0v) is 17.4. The Kier molecular flexibility index (Phi) is 6.19. The van der Waals surface area contributed by atoms with Crippen LogP contribution in [0.2, 0.25) is 0 Å². The van der Waals surface area contributed by atoms with Crippen molar-refractivity contribution in [3.63, 3.8) is 0 Å². The lowest BCUT2D eigenvalue weighted by molar-refractivity contribution is -1.00. The topological polar surface area (TPSA) is 174 Å². The molecule has 4 atom stereocenters. The lowest BCUT2D eigenvalue weighted by atomic mass is 9.86. The first kappa shape index (κ1) is 22.6. The van der Waals surface area contributed by atoms with Crippen LogP contribution in [0, 0.1) is 15.6 Å². The number of hydrogen-bond acceptors (Lipinski definition) is 10. The van der Waals surface area contributed by atoms with Crippen LogP contribution in [-0.2, 0) is 12.8 Å². The zero-order valence-electron chi connectivity index (χ0n) is 17.4. The summed E-state index contributed by atoms with van der Waals surface area (Å²) in [5.41, 5.74) is 0.622. The van der Waals surface area contributed by atoms with E-state index in [0.29, 0.717) is 30.2 Å². The Hall–Kier alpha value is -2.56. The van der Waals surface area contributed by atoms with Gasteiger partial charge in [-0.25, -0.2) is 15.6 Å². The van der Waals surface area contributed by atoms with Gasteiger partial charge >= 0.3 is 0 Å². The Morgan fingerprint density at radius 3 is 2.28 bits per heavy atom. The van der Waals surface area contributed by atoms with Crippen molar-refractivity contribution in [1.82, 2.24) is 4.90 Å². The Morgan fingerprint density at radius 2 is 1.72 bits per heavy atom. The Bertz CT molecular complexity index is 986. The van der Waals surface area contributed by atoms with Crippen LogP contribution in [0.25, 0.3) is 0 Å². The van der Waals surface area contributed by atoms with E-state index in [-0.39, 0.29) is 30.2 Å². The van der Waals surface area contributed by atoms with Gasteiger partial charge in [0.25, 0.3) is 0 Å².